The molecule has 0 aromatic heterocycles. The molecule has 0 fully saturated rings. The third-order valence-electron chi connectivity index (χ3n) is 5.49. The van der Waals surface area contributed by atoms with Crippen LogP contribution in [-0.4, -0.2) is 38.0 Å². The molecule has 0 aliphatic rings. The van der Waals surface area contributed by atoms with Gasteiger partial charge in [-0.1, -0.05) is 36.0 Å². The van der Waals surface area contributed by atoms with E-state index in [0.29, 0.717) is 25.3 Å². The molecule has 196 valence electrons. The van der Waals surface area contributed by atoms with Crippen LogP contribution in [0.5, 0.6) is 11.5 Å². The van der Waals surface area contributed by atoms with Gasteiger partial charge >= 0.3 is 5.97 Å². The van der Waals surface area contributed by atoms with Crippen molar-refractivity contribution < 1.29 is 19.0 Å². The molecule has 1 N–H and O–H groups in total. The molecule has 0 heterocycles. The number of thioether (sulfide) groups is 1. The van der Waals surface area contributed by atoms with Gasteiger partial charge in [0.05, 0.1) is 25.9 Å². The van der Waals surface area contributed by atoms with E-state index in [0.717, 1.165) is 45.7 Å². The van der Waals surface area contributed by atoms with E-state index in [2.05, 4.69) is 43.4 Å². The van der Waals surface area contributed by atoms with E-state index in [-0.39, 0.29) is 5.97 Å². The van der Waals surface area contributed by atoms with Crippen molar-refractivity contribution in [1.29, 1.82) is 0 Å². The number of amidine groups is 1. The second-order valence-corrected chi connectivity index (χ2v) is 9.53. The number of carbonyl (C=O) groups is 1. The number of hydrogen-bond donors (Lipinski definition) is 1. The van der Waals surface area contributed by atoms with Crippen LogP contribution in [-0.2, 0) is 16.9 Å². The van der Waals surface area contributed by atoms with Crippen LogP contribution in [0.15, 0.2) is 65.7 Å². The zero-order valence-corrected chi connectivity index (χ0v) is 23.1. The van der Waals surface area contributed by atoms with Crippen LogP contribution in [0, 0.1) is 13.8 Å². The van der Waals surface area contributed by atoms with E-state index in [4.69, 9.17) is 19.2 Å². The topological polar surface area (TPSA) is 69.2 Å². The summed E-state index contributed by atoms with van der Waals surface area (Å²) in [6.45, 7) is 9.93. The number of nitrogens with zero attached hydrogens (tertiary/aromatic N) is 1. The van der Waals surface area contributed by atoms with Crippen LogP contribution >= 0.6 is 11.8 Å². The second-order valence-electron chi connectivity index (χ2n) is 8.56. The largest absolute Gasteiger partial charge is 0.490 e. The highest BCUT2D eigenvalue weighted by Gasteiger charge is 2.09. The van der Waals surface area contributed by atoms with Gasteiger partial charge in [-0.05, 0) is 92.8 Å². The Balaban J connectivity index is 1.73. The van der Waals surface area contributed by atoms with Crippen LogP contribution in [0.3, 0.4) is 0 Å². The molecule has 0 aliphatic heterocycles. The van der Waals surface area contributed by atoms with Crippen LogP contribution in [0.2, 0.25) is 0 Å². The highest BCUT2D eigenvalue weighted by molar-refractivity contribution is 8.13. The maximum Gasteiger partial charge on any atom is 0.337 e. The lowest BCUT2D eigenvalue weighted by Gasteiger charge is -2.13. The molecule has 3 aromatic rings. The quantitative estimate of drug-likeness (QED) is 0.170. The lowest BCUT2D eigenvalue weighted by Crippen LogP contribution is -2.10. The number of nitrogens with one attached hydrogen (secondary N) is 1. The molecular formula is C30H36N2O4S. The predicted molar refractivity (Wildman–Crippen MR) is 153 cm³/mol. The van der Waals surface area contributed by atoms with Gasteiger partial charge in [0.2, 0.25) is 0 Å². The van der Waals surface area contributed by atoms with Crippen molar-refractivity contribution in [3.63, 3.8) is 0 Å². The molecule has 7 heteroatoms. The second kappa shape index (κ2) is 14.3. The monoisotopic (exact) mass is 520 g/mol. The Morgan fingerprint density at radius 1 is 0.865 bits per heavy atom. The summed E-state index contributed by atoms with van der Waals surface area (Å²) in [5, 5.41) is 4.35. The maximum atomic E-state index is 11.7. The molecule has 3 aromatic carbocycles. The SMILES string of the molecule is CCOc1ccc(CCN=C(Nc2cc(C)cc(C)c2)SCc2ccc(C(=O)OC)cc2)cc1OCC. The van der Waals surface area contributed by atoms with E-state index in [1.54, 1.807) is 23.9 Å². The number of aliphatic imine (C=N–C) groups is 1. The molecule has 0 aliphatic carbocycles. The molecule has 0 saturated heterocycles. The number of rotatable bonds is 11. The highest BCUT2D eigenvalue weighted by atomic mass is 32.2. The minimum Gasteiger partial charge on any atom is -0.490 e. The minimum absolute atomic E-state index is 0.334. The summed E-state index contributed by atoms with van der Waals surface area (Å²) in [6, 6.07) is 19.9. The van der Waals surface area contributed by atoms with Crippen molar-refractivity contribution in [3.8, 4) is 11.5 Å². The fourth-order valence-electron chi connectivity index (χ4n) is 3.84. The normalized spacial score (nSPS) is 11.2. The average molecular weight is 521 g/mol. The van der Waals surface area contributed by atoms with E-state index in [9.17, 15) is 4.79 Å². The summed E-state index contributed by atoms with van der Waals surface area (Å²) in [4.78, 5) is 16.6. The van der Waals surface area contributed by atoms with E-state index >= 15 is 0 Å². The number of hydrogen-bond acceptors (Lipinski definition) is 6. The number of anilines is 1. The molecule has 0 bridgehead atoms. The number of esters is 1. The number of benzene rings is 3. The molecule has 0 amide bonds. The summed E-state index contributed by atoms with van der Waals surface area (Å²) in [6.07, 6.45) is 0.777. The first-order valence-corrected chi connectivity index (χ1v) is 13.5. The summed E-state index contributed by atoms with van der Waals surface area (Å²) in [7, 11) is 1.39. The Kier molecular flexibility index (Phi) is 10.9. The minimum atomic E-state index is -0.334. The van der Waals surface area contributed by atoms with Crippen molar-refractivity contribution in [2.75, 3.05) is 32.2 Å². The highest BCUT2D eigenvalue weighted by Crippen LogP contribution is 2.29. The van der Waals surface area contributed by atoms with Crippen LogP contribution in [0.4, 0.5) is 5.69 Å². The van der Waals surface area contributed by atoms with Crippen LogP contribution in [0.1, 0.15) is 46.5 Å². The van der Waals surface area contributed by atoms with Crippen molar-refractivity contribution in [2.24, 2.45) is 4.99 Å². The fourth-order valence-corrected chi connectivity index (χ4v) is 4.70. The molecule has 0 radical (unpaired) electrons. The molecule has 37 heavy (non-hydrogen) atoms. The molecule has 0 atom stereocenters. The molecular weight excluding hydrogens is 484 g/mol. The number of methoxy groups -OCH3 is 1. The maximum absolute atomic E-state index is 11.7. The van der Waals surface area contributed by atoms with Crippen LogP contribution < -0.4 is 14.8 Å². The Bertz CT molecular complexity index is 1190. The van der Waals surface area contributed by atoms with Gasteiger partial charge in [-0.3, -0.25) is 4.99 Å². The first-order valence-electron chi connectivity index (χ1n) is 12.5. The van der Waals surface area contributed by atoms with Crippen molar-refractivity contribution >= 4 is 28.6 Å². The Hall–Kier alpha value is -3.45. The van der Waals surface area contributed by atoms with Gasteiger partial charge < -0.3 is 19.5 Å². The van der Waals surface area contributed by atoms with E-state index in [1.165, 1.54) is 18.2 Å². The van der Waals surface area contributed by atoms with Crippen LogP contribution in [0.25, 0.3) is 0 Å². The molecule has 0 unspecified atom stereocenters. The summed E-state index contributed by atoms with van der Waals surface area (Å²) in [5.74, 6) is 1.92. The summed E-state index contributed by atoms with van der Waals surface area (Å²) >= 11 is 1.63. The van der Waals surface area contributed by atoms with Gasteiger partial charge in [0.1, 0.15) is 0 Å². The van der Waals surface area contributed by atoms with Crippen molar-refractivity contribution in [1.82, 2.24) is 0 Å². The summed E-state index contributed by atoms with van der Waals surface area (Å²) in [5.41, 5.74) is 6.20. The zero-order chi connectivity index (χ0) is 26.6. The molecule has 0 saturated carbocycles. The molecule has 6 nitrogen and oxygen atoms in total. The van der Waals surface area contributed by atoms with Gasteiger partial charge in [-0.2, -0.15) is 0 Å². The van der Waals surface area contributed by atoms with Gasteiger partial charge in [-0.15, -0.1) is 0 Å². The summed E-state index contributed by atoms with van der Waals surface area (Å²) < 4.78 is 16.2. The molecule has 3 rings (SSSR count). The van der Waals surface area contributed by atoms with Crippen molar-refractivity contribution in [3.05, 3.63) is 88.5 Å². The number of ether oxygens (including phenoxy) is 3. The Labute approximate surface area is 224 Å². The van der Waals surface area contributed by atoms with Gasteiger partial charge in [0.25, 0.3) is 0 Å². The smallest absolute Gasteiger partial charge is 0.337 e. The third kappa shape index (κ3) is 8.86. The van der Waals surface area contributed by atoms with Crippen molar-refractivity contribution in [2.45, 2.75) is 39.9 Å². The average Bonchev–Trinajstić information content (AvgIpc) is 2.88. The number of carbonyl (C=O) groups excluding carboxylic acids is 1. The Morgan fingerprint density at radius 2 is 1.51 bits per heavy atom. The molecule has 0 spiro atoms. The standard InChI is InChI=1S/C30H36N2O4S/c1-6-35-27-13-10-23(19-28(27)36-7-2)14-15-31-30(32-26-17-21(3)16-22(4)18-26)37-20-24-8-11-25(12-9-24)29(33)34-5/h8-13,16-19H,6-7,14-15,20H2,1-5H3,(H,31,32). The predicted octanol–water partition coefficient (Wildman–Crippen LogP) is 6.83. The Morgan fingerprint density at radius 3 is 2.16 bits per heavy atom. The van der Waals surface area contributed by atoms with E-state index < -0.39 is 0 Å². The third-order valence-corrected chi connectivity index (χ3v) is 6.47. The lowest BCUT2D eigenvalue weighted by molar-refractivity contribution is 0.0600. The first kappa shape index (κ1) is 28.1. The number of aryl methyl sites for hydroxylation is 2. The van der Waals surface area contributed by atoms with Gasteiger partial charge in [0, 0.05) is 18.0 Å². The van der Waals surface area contributed by atoms with Gasteiger partial charge in [-0.25, -0.2) is 4.79 Å². The lowest BCUT2D eigenvalue weighted by atomic mass is 10.1. The van der Waals surface area contributed by atoms with Gasteiger partial charge in [0.15, 0.2) is 16.7 Å². The first-order chi connectivity index (χ1) is 17.9. The van der Waals surface area contributed by atoms with E-state index in [1.807, 2.05) is 38.1 Å². The zero-order valence-electron chi connectivity index (χ0n) is 22.3. The fraction of sp³-hybridized carbons (Fsp3) is 0.333.